The minimum Gasteiger partial charge on any atom is -0.310 e. The third-order valence-electron chi connectivity index (χ3n) is 2.74. The molecule has 1 atom stereocenters. The second-order valence-corrected chi connectivity index (χ2v) is 4.78. The highest BCUT2D eigenvalue weighted by Crippen LogP contribution is 2.20. The first-order valence-corrected chi connectivity index (χ1v) is 6.64. The molecule has 1 rings (SSSR count). The van der Waals surface area contributed by atoms with E-state index >= 15 is 0 Å². The third kappa shape index (κ3) is 3.87. The molecule has 1 aromatic rings. The molecule has 0 saturated heterocycles. The van der Waals surface area contributed by atoms with Crippen LogP contribution in [0.4, 0.5) is 4.39 Å². The van der Waals surface area contributed by atoms with Crippen molar-refractivity contribution in [1.29, 1.82) is 0 Å². The van der Waals surface area contributed by atoms with Gasteiger partial charge in [-0.05, 0) is 40.4 Å². The molecule has 0 aliphatic carbocycles. The molecule has 0 spiro atoms. The Labute approximate surface area is 106 Å². The van der Waals surface area contributed by atoms with E-state index in [1.807, 2.05) is 6.07 Å². The van der Waals surface area contributed by atoms with E-state index in [2.05, 4.69) is 35.1 Å². The Hall–Kier alpha value is -0.410. The van der Waals surface area contributed by atoms with Crippen LogP contribution in [-0.2, 0) is 6.54 Å². The molecule has 0 saturated carbocycles. The molecule has 0 radical (unpaired) electrons. The lowest BCUT2D eigenvalue weighted by molar-refractivity contribution is 0.461. The Kier molecular flexibility index (Phi) is 5.99. The van der Waals surface area contributed by atoms with Gasteiger partial charge in [-0.15, -0.1) is 0 Å². The predicted octanol–water partition coefficient (Wildman–Crippen LogP) is 4.26. The summed E-state index contributed by atoms with van der Waals surface area (Å²) in [5.74, 6) is -0.192. The van der Waals surface area contributed by atoms with Crippen LogP contribution in [-0.4, -0.2) is 6.04 Å². The molecule has 0 bridgehead atoms. The molecule has 0 aromatic heterocycles. The molecular formula is C13H19BrFN. The zero-order chi connectivity index (χ0) is 12.0. The lowest BCUT2D eigenvalue weighted by Crippen LogP contribution is -2.27. The van der Waals surface area contributed by atoms with Crippen LogP contribution in [0.25, 0.3) is 0 Å². The lowest BCUT2D eigenvalue weighted by Gasteiger charge is -2.16. The topological polar surface area (TPSA) is 12.0 Å². The van der Waals surface area contributed by atoms with Gasteiger partial charge in [0.05, 0.1) is 4.47 Å². The highest BCUT2D eigenvalue weighted by Gasteiger charge is 2.08. The number of hydrogen-bond donors (Lipinski definition) is 1. The molecule has 0 fully saturated rings. The summed E-state index contributed by atoms with van der Waals surface area (Å²) >= 11 is 3.28. The van der Waals surface area contributed by atoms with Crippen molar-refractivity contribution in [3.63, 3.8) is 0 Å². The van der Waals surface area contributed by atoms with Crippen LogP contribution in [0.1, 0.15) is 38.7 Å². The average molecular weight is 288 g/mol. The van der Waals surface area contributed by atoms with Gasteiger partial charge < -0.3 is 5.32 Å². The summed E-state index contributed by atoms with van der Waals surface area (Å²) in [5.41, 5.74) is 0.981. The van der Waals surface area contributed by atoms with Crippen LogP contribution < -0.4 is 5.32 Å². The first-order chi connectivity index (χ1) is 7.69. The highest BCUT2D eigenvalue weighted by molar-refractivity contribution is 9.10. The van der Waals surface area contributed by atoms with Gasteiger partial charge in [0, 0.05) is 12.6 Å². The molecule has 0 amide bonds. The largest absolute Gasteiger partial charge is 0.310 e. The number of halogens is 2. The van der Waals surface area contributed by atoms with Crippen LogP contribution >= 0.6 is 15.9 Å². The zero-order valence-electron chi connectivity index (χ0n) is 9.89. The highest BCUT2D eigenvalue weighted by atomic mass is 79.9. The SMILES string of the molecule is CCCC(CC)NCc1cccc(F)c1Br. The number of benzene rings is 1. The smallest absolute Gasteiger partial charge is 0.137 e. The van der Waals surface area contributed by atoms with Crippen LogP contribution in [0.2, 0.25) is 0 Å². The summed E-state index contributed by atoms with van der Waals surface area (Å²) < 4.78 is 13.8. The maximum absolute atomic E-state index is 13.3. The van der Waals surface area contributed by atoms with Crippen LogP contribution in [0.5, 0.6) is 0 Å². The molecule has 0 aliphatic heterocycles. The zero-order valence-corrected chi connectivity index (χ0v) is 11.5. The lowest BCUT2D eigenvalue weighted by atomic mass is 10.1. The average Bonchev–Trinajstić information content (AvgIpc) is 2.29. The fraction of sp³-hybridized carbons (Fsp3) is 0.538. The number of nitrogens with one attached hydrogen (secondary N) is 1. The molecule has 0 heterocycles. The van der Waals surface area contributed by atoms with E-state index in [9.17, 15) is 4.39 Å². The molecule has 90 valence electrons. The van der Waals surface area contributed by atoms with E-state index in [4.69, 9.17) is 0 Å². The second-order valence-electron chi connectivity index (χ2n) is 3.99. The van der Waals surface area contributed by atoms with Gasteiger partial charge in [-0.1, -0.05) is 32.4 Å². The van der Waals surface area contributed by atoms with Gasteiger partial charge in [-0.25, -0.2) is 4.39 Å². The van der Waals surface area contributed by atoms with Crippen LogP contribution in [0, 0.1) is 5.82 Å². The molecule has 1 aromatic carbocycles. The maximum atomic E-state index is 13.3. The number of hydrogen-bond acceptors (Lipinski definition) is 1. The van der Waals surface area contributed by atoms with Crippen molar-refractivity contribution in [2.24, 2.45) is 0 Å². The van der Waals surface area contributed by atoms with E-state index in [1.54, 1.807) is 6.07 Å². The Morgan fingerprint density at radius 1 is 1.38 bits per heavy atom. The van der Waals surface area contributed by atoms with Gasteiger partial charge in [-0.2, -0.15) is 0 Å². The van der Waals surface area contributed by atoms with Crippen molar-refractivity contribution in [3.05, 3.63) is 34.1 Å². The van der Waals surface area contributed by atoms with Crippen LogP contribution in [0.3, 0.4) is 0 Å². The van der Waals surface area contributed by atoms with Crippen molar-refractivity contribution < 1.29 is 4.39 Å². The fourth-order valence-corrected chi connectivity index (χ4v) is 2.14. The summed E-state index contributed by atoms with van der Waals surface area (Å²) in [6.07, 6.45) is 3.46. The maximum Gasteiger partial charge on any atom is 0.137 e. The summed E-state index contributed by atoms with van der Waals surface area (Å²) in [6.45, 7) is 5.08. The van der Waals surface area contributed by atoms with Crippen molar-refractivity contribution in [1.82, 2.24) is 5.32 Å². The van der Waals surface area contributed by atoms with Crippen LogP contribution in [0.15, 0.2) is 22.7 Å². The predicted molar refractivity (Wildman–Crippen MR) is 69.9 cm³/mol. The van der Waals surface area contributed by atoms with Gasteiger partial charge in [-0.3, -0.25) is 0 Å². The van der Waals surface area contributed by atoms with Crippen molar-refractivity contribution in [2.45, 2.75) is 45.7 Å². The molecule has 0 aliphatic rings. The Morgan fingerprint density at radius 2 is 2.12 bits per heavy atom. The molecule has 16 heavy (non-hydrogen) atoms. The monoisotopic (exact) mass is 287 g/mol. The van der Waals surface area contributed by atoms with Gasteiger partial charge in [0.1, 0.15) is 5.82 Å². The fourth-order valence-electron chi connectivity index (χ4n) is 1.74. The third-order valence-corrected chi connectivity index (χ3v) is 3.63. The Morgan fingerprint density at radius 3 is 2.75 bits per heavy atom. The standard InChI is InChI=1S/C13H19BrFN/c1-3-6-11(4-2)16-9-10-7-5-8-12(15)13(10)14/h5,7-8,11,16H,3-4,6,9H2,1-2H3. The summed E-state index contributed by atoms with van der Waals surface area (Å²) in [4.78, 5) is 0. The number of rotatable bonds is 6. The summed E-state index contributed by atoms with van der Waals surface area (Å²) in [5, 5.41) is 3.46. The summed E-state index contributed by atoms with van der Waals surface area (Å²) in [6, 6.07) is 5.69. The molecular weight excluding hydrogens is 269 g/mol. The van der Waals surface area contributed by atoms with E-state index in [0.29, 0.717) is 10.5 Å². The molecule has 1 unspecified atom stereocenters. The first-order valence-electron chi connectivity index (χ1n) is 5.85. The Balaban J connectivity index is 2.56. The van der Waals surface area contributed by atoms with E-state index in [-0.39, 0.29) is 5.82 Å². The summed E-state index contributed by atoms with van der Waals surface area (Å²) in [7, 11) is 0. The van der Waals surface area contributed by atoms with Gasteiger partial charge in [0.25, 0.3) is 0 Å². The van der Waals surface area contributed by atoms with Crippen molar-refractivity contribution in [3.8, 4) is 0 Å². The van der Waals surface area contributed by atoms with Crippen molar-refractivity contribution >= 4 is 15.9 Å². The normalized spacial score (nSPS) is 12.8. The molecule has 3 heteroatoms. The first kappa shape index (κ1) is 13.7. The molecule has 1 nitrogen and oxygen atoms in total. The second kappa shape index (κ2) is 7.02. The minimum atomic E-state index is -0.192. The quantitative estimate of drug-likeness (QED) is 0.825. The Bertz CT molecular complexity index is 328. The van der Waals surface area contributed by atoms with E-state index < -0.39 is 0 Å². The van der Waals surface area contributed by atoms with E-state index in [1.165, 1.54) is 18.9 Å². The van der Waals surface area contributed by atoms with Gasteiger partial charge in [0.2, 0.25) is 0 Å². The molecule has 1 N–H and O–H groups in total. The van der Waals surface area contributed by atoms with Crippen molar-refractivity contribution in [2.75, 3.05) is 0 Å². The van der Waals surface area contributed by atoms with Gasteiger partial charge >= 0.3 is 0 Å². The van der Waals surface area contributed by atoms with E-state index in [0.717, 1.165) is 18.5 Å². The minimum absolute atomic E-state index is 0.192. The van der Waals surface area contributed by atoms with Gasteiger partial charge in [0.15, 0.2) is 0 Å².